The van der Waals surface area contributed by atoms with Crippen molar-refractivity contribution >= 4 is 32.7 Å². The third-order valence-electron chi connectivity index (χ3n) is 3.01. The van der Waals surface area contributed by atoms with Crippen LogP contribution < -0.4 is 10.5 Å². The molecule has 1 aromatic heterocycles. The molecule has 0 fully saturated rings. The van der Waals surface area contributed by atoms with Gasteiger partial charge in [0.05, 0.1) is 23.9 Å². The Hall–Kier alpha value is -2.08. The molecule has 4 nitrogen and oxygen atoms in total. The summed E-state index contributed by atoms with van der Waals surface area (Å²) in [5, 5.41) is 0. The van der Waals surface area contributed by atoms with Crippen molar-refractivity contribution in [1.82, 2.24) is 9.97 Å². The third kappa shape index (κ3) is 2.02. The predicted octanol–water partition coefficient (Wildman–Crippen LogP) is 3.72. The number of benzene rings is 2. The molecule has 102 valence electrons. The quantitative estimate of drug-likeness (QED) is 0.701. The molecule has 0 amide bonds. The number of nitrogen functional groups attached to an aromatic ring is 1. The van der Waals surface area contributed by atoms with Gasteiger partial charge in [-0.15, -0.1) is 0 Å². The second-order valence-electron chi connectivity index (χ2n) is 4.29. The third-order valence-corrected chi connectivity index (χ3v) is 3.47. The van der Waals surface area contributed by atoms with Gasteiger partial charge in [-0.1, -0.05) is 22.0 Å². The van der Waals surface area contributed by atoms with E-state index in [2.05, 4.69) is 25.9 Å². The van der Waals surface area contributed by atoms with Crippen molar-refractivity contribution in [3.8, 4) is 17.1 Å². The number of methoxy groups -OCH3 is 1. The van der Waals surface area contributed by atoms with Gasteiger partial charge < -0.3 is 15.5 Å². The minimum absolute atomic E-state index is 0.293. The van der Waals surface area contributed by atoms with Crippen molar-refractivity contribution in [2.45, 2.75) is 0 Å². The fraction of sp³-hybridized carbons (Fsp3) is 0.0714. The Morgan fingerprint density at radius 3 is 2.90 bits per heavy atom. The maximum Gasteiger partial charge on any atom is 0.145 e. The highest BCUT2D eigenvalue weighted by molar-refractivity contribution is 9.10. The van der Waals surface area contributed by atoms with Gasteiger partial charge in [-0.05, 0) is 24.3 Å². The van der Waals surface area contributed by atoms with Gasteiger partial charge in [0.15, 0.2) is 0 Å². The van der Waals surface area contributed by atoms with Crippen LogP contribution in [0.4, 0.5) is 10.1 Å². The number of halogens is 2. The van der Waals surface area contributed by atoms with Crippen molar-refractivity contribution < 1.29 is 9.13 Å². The number of nitrogens with two attached hydrogens (primary N) is 1. The van der Waals surface area contributed by atoms with E-state index < -0.39 is 5.82 Å². The van der Waals surface area contributed by atoms with Gasteiger partial charge >= 0.3 is 0 Å². The Bertz CT molecular complexity index is 800. The van der Waals surface area contributed by atoms with Crippen LogP contribution >= 0.6 is 15.9 Å². The Balaban J connectivity index is 2.28. The maximum absolute atomic E-state index is 14.1. The number of hydrogen-bond acceptors (Lipinski definition) is 3. The second-order valence-corrected chi connectivity index (χ2v) is 5.21. The van der Waals surface area contributed by atoms with Crippen LogP contribution in [0.15, 0.2) is 34.8 Å². The van der Waals surface area contributed by atoms with Crippen LogP contribution in [0, 0.1) is 5.82 Å². The van der Waals surface area contributed by atoms with Crippen molar-refractivity contribution in [3.05, 3.63) is 40.6 Å². The Kier molecular flexibility index (Phi) is 3.10. The fourth-order valence-electron chi connectivity index (χ4n) is 2.13. The summed E-state index contributed by atoms with van der Waals surface area (Å²) in [5.41, 5.74) is 8.07. The van der Waals surface area contributed by atoms with Crippen LogP contribution in [0.25, 0.3) is 22.4 Å². The normalized spacial score (nSPS) is 10.9. The van der Waals surface area contributed by atoms with Crippen LogP contribution in [-0.2, 0) is 0 Å². The topological polar surface area (TPSA) is 63.9 Å². The summed E-state index contributed by atoms with van der Waals surface area (Å²) < 4.78 is 20.1. The largest absolute Gasteiger partial charge is 0.496 e. The molecule has 3 aromatic rings. The lowest BCUT2D eigenvalue weighted by atomic mass is 10.2. The molecule has 0 atom stereocenters. The van der Waals surface area contributed by atoms with E-state index in [4.69, 9.17) is 10.5 Å². The average Bonchev–Trinajstić information content (AvgIpc) is 2.81. The summed E-state index contributed by atoms with van der Waals surface area (Å²) in [6.07, 6.45) is 0. The number of anilines is 1. The van der Waals surface area contributed by atoms with E-state index in [0.717, 1.165) is 9.99 Å². The van der Waals surface area contributed by atoms with Gasteiger partial charge in [0, 0.05) is 4.47 Å². The van der Waals surface area contributed by atoms with Crippen LogP contribution in [-0.4, -0.2) is 17.1 Å². The van der Waals surface area contributed by atoms with Gasteiger partial charge in [-0.25, -0.2) is 9.37 Å². The summed E-state index contributed by atoms with van der Waals surface area (Å²) in [6.45, 7) is 0. The van der Waals surface area contributed by atoms with E-state index in [-0.39, 0.29) is 0 Å². The monoisotopic (exact) mass is 335 g/mol. The lowest BCUT2D eigenvalue weighted by molar-refractivity contribution is 0.413. The van der Waals surface area contributed by atoms with Gasteiger partial charge in [0.2, 0.25) is 0 Å². The van der Waals surface area contributed by atoms with Crippen LogP contribution in [0.5, 0.6) is 5.75 Å². The highest BCUT2D eigenvalue weighted by atomic mass is 79.9. The summed E-state index contributed by atoms with van der Waals surface area (Å²) in [4.78, 5) is 7.44. The van der Waals surface area contributed by atoms with Crippen LogP contribution in [0.3, 0.4) is 0 Å². The Morgan fingerprint density at radius 1 is 1.35 bits per heavy atom. The van der Waals surface area contributed by atoms with Crippen LogP contribution in [0.2, 0.25) is 0 Å². The van der Waals surface area contributed by atoms with Gasteiger partial charge in [0.25, 0.3) is 0 Å². The smallest absolute Gasteiger partial charge is 0.145 e. The van der Waals surface area contributed by atoms with E-state index in [1.165, 1.54) is 13.2 Å². The fourth-order valence-corrected chi connectivity index (χ4v) is 2.61. The number of fused-ring (bicyclic) bond motifs is 1. The summed E-state index contributed by atoms with van der Waals surface area (Å²) in [6, 6.07) is 8.24. The molecule has 2 aromatic carbocycles. The molecular weight excluding hydrogens is 325 g/mol. The molecule has 0 spiro atoms. The maximum atomic E-state index is 14.1. The molecule has 1 heterocycles. The number of ether oxygens (including phenoxy) is 1. The van der Waals surface area contributed by atoms with Gasteiger partial charge in [-0.3, -0.25) is 0 Å². The lowest BCUT2D eigenvalue weighted by Gasteiger charge is -2.06. The molecule has 0 radical (unpaired) electrons. The number of rotatable bonds is 2. The van der Waals surface area contributed by atoms with E-state index >= 15 is 0 Å². The van der Waals surface area contributed by atoms with Crippen molar-refractivity contribution in [3.63, 3.8) is 0 Å². The SMILES string of the molecule is COc1cccc(F)c1-c1nc2c(N)cc(Br)cc2[nH]1. The van der Waals surface area contributed by atoms with Crippen molar-refractivity contribution in [2.24, 2.45) is 0 Å². The first-order chi connectivity index (χ1) is 9.60. The molecule has 0 aliphatic rings. The number of nitrogens with one attached hydrogen (secondary N) is 1. The summed E-state index contributed by atoms with van der Waals surface area (Å²) in [7, 11) is 1.49. The Labute approximate surface area is 122 Å². The zero-order chi connectivity index (χ0) is 14.3. The van der Waals surface area contributed by atoms with Gasteiger partial charge in [-0.2, -0.15) is 0 Å². The number of aromatic amines is 1. The van der Waals surface area contributed by atoms with E-state index in [1.54, 1.807) is 18.2 Å². The van der Waals surface area contributed by atoms with E-state index in [1.807, 2.05) is 6.07 Å². The first kappa shape index (κ1) is 12.9. The molecule has 0 unspecified atom stereocenters. The molecule has 0 saturated heterocycles. The van der Waals surface area contributed by atoms with E-state index in [0.29, 0.717) is 28.3 Å². The lowest BCUT2D eigenvalue weighted by Crippen LogP contribution is -1.92. The first-order valence-corrected chi connectivity index (χ1v) is 6.67. The zero-order valence-electron chi connectivity index (χ0n) is 10.6. The molecule has 3 rings (SSSR count). The minimum atomic E-state index is -0.402. The van der Waals surface area contributed by atoms with Crippen LogP contribution in [0.1, 0.15) is 0 Å². The molecule has 0 saturated carbocycles. The highest BCUT2D eigenvalue weighted by Gasteiger charge is 2.16. The zero-order valence-corrected chi connectivity index (χ0v) is 12.2. The van der Waals surface area contributed by atoms with Crippen molar-refractivity contribution in [1.29, 1.82) is 0 Å². The summed E-state index contributed by atoms with van der Waals surface area (Å²) in [5.74, 6) is 0.405. The Morgan fingerprint density at radius 2 is 2.15 bits per heavy atom. The first-order valence-electron chi connectivity index (χ1n) is 5.87. The highest BCUT2D eigenvalue weighted by Crippen LogP contribution is 2.33. The predicted molar refractivity (Wildman–Crippen MR) is 80.2 cm³/mol. The number of aromatic nitrogens is 2. The average molecular weight is 336 g/mol. The molecule has 0 aliphatic heterocycles. The molecule has 3 N–H and O–H groups in total. The summed E-state index contributed by atoms with van der Waals surface area (Å²) >= 11 is 3.36. The molecular formula is C14H11BrFN3O. The molecule has 0 aliphatic carbocycles. The molecule has 6 heteroatoms. The molecule has 20 heavy (non-hydrogen) atoms. The number of H-pyrrole nitrogens is 1. The second kappa shape index (κ2) is 4.79. The minimum Gasteiger partial charge on any atom is -0.496 e. The number of nitrogens with zero attached hydrogens (tertiary/aromatic N) is 1. The number of imidazole rings is 1. The molecule has 0 bridgehead atoms. The van der Waals surface area contributed by atoms with Gasteiger partial charge in [0.1, 0.15) is 22.9 Å². The van der Waals surface area contributed by atoms with E-state index in [9.17, 15) is 4.39 Å². The standard InChI is InChI=1S/C14H11BrFN3O/c1-20-11-4-2-3-8(16)12(11)14-18-10-6-7(15)5-9(17)13(10)19-14/h2-6H,17H2,1H3,(H,18,19). The number of hydrogen-bond donors (Lipinski definition) is 2. The van der Waals surface area contributed by atoms with Crippen molar-refractivity contribution in [2.75, 3.05) is 12.8 Å².